The van der Waals surface area contributed by atoms with Crippen molar-refractivity contribution < 1.29 is 9.59 Å². The molecule has 0 spiro atoms. The Morgan fingerprint density at radius 2 is 1.63 bits per heavy atom. The molecule has 240 valence electrons. The molecule has 2 aliphatic rings. The molecule has 7 rings (SSSR count). The predicted octanol–water partition coefficient (Wildman–Crippen LogP) is 4.91. The number of nitrogens with two attached hydrogens (primary N) is 1. The topological polar surface area (TPSA) is 123 Å². The zero-order chi connectivity index (χ0) is 32.2. The van der Waals surface area contributed by atoms with Crippen LogP contribution in [0.25, 0.3) is 21.9 Å². The number of para-hydroxylation sites is 4. The third-order valence-corrected chi connectivity index (χ3v) is 9.20. The number of hydrogen-bond acceptors (Lipinski definition) is 4. The van der Waals surface area contributed by atoms with E-state index in [9.17, 15) is 14.4 Å². The summed E-state index contributed by atoms with van der Waals surface area (Å²) in [5, 5.41) is 1.22. The van der Waals surface area contributed by atoms with Crippen LogP contribution in [0.5, 0.6) is 0 Å². The number of amides is 3. The number of nitrogens with one attached hydrogen (secondary N) is 2. The molecule has 46 heavy (non-hydrogen) atoms. The zero-order valence-electron chi connectivity index (χ0n) is 26.6. The van der Waals surface area contributed by atoms with Gasteiger partial charge in [-0.05, 0) is 81.1 Å². The fourth-order valence-corrected chi connectivity index (χ4v) is 7.05. The van der Waals surface area contributed by atoms with Crippen molar-refractivity contribution in [3.8, 4) is 0 Å². The SMILES string of the molecule is CN(C)CC1Cc2ccccc2N(C(=O)CCc2c[nH]c3ccccc23)C1.NC(=O)N1CCC(n2c(=O)[nH]c3ccccc32)CC1. The summed E-state index contributed by atoms with van der Waals surface area (Å²) >= 11 is 0. The highest BCUT2D eigenvalue weighted by Gasteiger charge is 2.28. The Morgan fingerprint density at radius 1 is 0.935 bits per heavy atom. The average molecular weight is 622 g/mol. The van der Waals surface area contributed by atoms with Gasteiger partial charge >= 0.3 is 11.7 Å². The summed E-state index contributed by atoms with van der Waals surface area (Å²) in [6, 6.07) is 24.0. The van der Waals surface area contributed by atoms with Gasteiger partial charge in [-0.15, -0.1) is 0 Å². The van der Waals surface area contributed by atoms with Gasteiger partial charge in [-0.1, -0.05) is 48.5 Å². The molecule has 1 saturated heterocycles. The molecule has 4 heterocycles. The first-order valence-electron chi connectivity index (χ1n) is 16.1. The molecule has 2 aromatic heterocycles. The van der Waals surface area contributed by atoms with Gasteiger partial charge in [0.2, 0.25) is 5.91 Å². The van der Waals surface area contributed by atoms with Crippen molar-refractivity contribution in [2.45, 2.75) is 38.1 Å². The predicted molar refractivity (Wildman–Crippen MR) is 183 cm³/mol. The Kier molecular flexibility index (Phi) is 9.25. The van der Waals surface area contributed by atoms with E-state index in [0.29, 0.717) is 25.4 Å². The van der Waals surface area contributed by atoms with Gasteiger partial charge in [0.1, 0.15) is 0 Å². The lowest BCUT2D eigenvalue weighted by Crippen LogP contribution is -2.43. The maximum absolute atomic E-state index is 13.1. The summed E-state index contributed by atoms with van der Waals surface area (Å²) in [6.07, 6.45) is 5.89. The molecule has 0 aliphatic carbocycles. The number of carbonyl (C=O) groups excluding carboxylic acids is 2. The number of hydrogen-bond donors (Lipinski definition) is 3. The largest absolute Gasteiger partial charge is 0.361 e. The number of H-pyrrole nitrogens is 2. The van der Waals surface area contributed by atoms with Gasteiger partial charge in [-0.3, -0.25) is 9.36 Å². The van der Waals surface area contributed by atoms with Gasteiger partial charge < -0.3 is 30.4 Å². The van der Waals surface area contributed by atoms with Gasteiger partial charge in [0.25, 0.3) is 0 Å². The monoisotopic (exact) mass is 621 g/mol. The van der Waals surface area contributed by atoms with Crippen LogP contribution in [0, 0.1) is 5.92 Å². The van der Waals surface area contributed by atoms with E-state index in [-0.39, 0.29) is 23.7 Å². The van der Waals surface area contributed by atoms with E-state index in [1.165, 1.54) is 16.5 Å². The van der Waals surface area contributed by atoms with Crippen molar-refractivity contribution >= 4 is 39.6 Å². The molecule has 10 heteroatoms. The summed E-state index contributed by atoms with van der Waals surface area (Å²) in [4.78, 5) is 48.3. The summed E-state index contributed by atoms with van der Waals surface area (Å²) in [5.74, 6) is 0.697. The molecule has 0 saturated carbocycles. The van der Waals surface area contributed by atoms with Crippen molar-refractivity contribution in [1.82, 2.24) is 24.3 Å². The average Bonchev–Trinajstić information content (AvgIpc) is 3.63. The van der Waals surface area contributed by atoms with Crippen LogP contribution in [0.4, 0.5) is 10.5 Å². The molecular weight excluding hydrogens is 578 g/mol. The first-order valence-corrected chi connectivity index (χ1v) is 16.1. The number of anilines is 1. The minimum absolute atomic E-state index is 0.0845. The van der Waals surface area contributed by atoms with Gasteiger partial charge in [-0.25, -0.2) is 9.59 Å². The van der Waals surface area contributed by atoms with Crippen molar-refractivity contribution in [1.29, 1.82) is 0 Å². The molecule has 1 fully saturated rings. The van der Waals surface area contributed by atoms with Gasteiger partial charge in [-0.2, -0.15) is 0 Å². The maximum Gasteiger partial charge on any atom is 0.326 e. The van der Waals surface area contributed by atoms with Crippen molar-refractivity contribution in [3.05, 3.63) is 101 Å². The maximum atomic E-state index is 13.1. The lowest BCUT2D eigenvalue weighted by molar-refractivity contribution is -0.118. The molecule has 0 radical (unpaired) electrons. The number of aryl methyl sites for hydroxylation is 1. The summed E-state index contributed by atoms with van der Waals surface area (Å²) in [6.45, 7) is 3.01. The van der Waals surface area contributed by atoms with Gasteiger partial charge in [0.15, 0.2) is 0 Å². The van der Waals surface area contributed by atoms with E-state index in [4.69, 9.17) is 5.73 Å². The Labute approximate surface area is 268 Å². The molecule has 2 aliphatic heterocycles. The molecule has 10 nitrogen and oxygen atoms in total. The number of primary amides is 1. The number of carbonyl (C=O) groups is 2. The minimum atomic E-state index is -0.385. The lowest BCUT2D eigenvalue weighted by Gasteiger charge is -2.36. The van der Waals surface area contributed by atoms with Crippen LogP contribution in [0.15, 0.2) is 83.8 Å². The van der Waals surface area contributed by atoms with Gasteiger partial charge in [0.05, 0.1) is 11.0 Å². The van der Waals surface area contributed by atoms with Gasteiger partial charge in [0, 0.05) is 61.4 Å². The number of benzene rings is 3. The number of likely N-dealkylation sites (tertiary alicyclic amines) is 1. The number of urea groups is 1. The smallest absolute Gasteiger partial charge is 0.326 e. The van der Waals surface area contributed by atoms with Crippen LogP contribution in [0.3, 0.4) is 0 Å². The van der Waals surface area contributed by atoms with Crippen LogP contribution in [-0.2, 0) is 17.6 Å². The molecular formula is C36H43N7O3. The third-order valence-electron chi connectivity index (χ3n) is 9.20. The Hall–Kier alpha value is -4.83. The molecule has 5 aromatic rings. The minimum Gasteiger partial charge on any atom is -0.361 e. The Morgan fingerprint density at radius 3 is 2.39 bits per heavy atom. The second-order valence-corrected chi connectivity index (χ2v) is 12.7. The van der Waals surface area contributed by atoms with Crippen LogP contribution >= 0.6 is 0 Å². The molecule has 3 aromatic carbocycles. The van der Waals surface area contributed by atoms with Crippen LogP contribution in [-0.4, -0.2) is 76.5 Å². The van der Waals surface area contributed by atoms with Crippen LogP contribution in [0.2, 0.25) is 0 Å². The first-order chi connectivity index (χ1) is 22.3. The highest BCUT2D eigenvalue weighted by molar-refractivity contribution is 5.95. The zero-order valence-corrected chi connectivity index (χ0v) is 26.6. The first kappa shape index (κ1) is 31.2. The number of piperidine rings is 1. The van der Waals surface area contributed by atoms with E-state index in [0.717, 1.165) is 61.0 Å². The van der Waals surface area contributed by atoms with Crippen LogP contribution < -0.4 is 16.3 Å². The summed E-state index contributed by atoms with van der Waals surface area (Å²) in [7, 11) is 4.20. The highest BCUT2D eigenvalue weighted by Crippen LogP contribution is 2.31. The quantitative estimate of drug-likeness (QED) is 0.249. The second kappa shape index (κ2) is 13.7. The third kappa shape index (κ3) is 6.72. The molecule has 4 N–H and O–H groups in total. The van der Waals surface area contributed by atoms with Crippen molar-refractivity contribution in [3.63, 3.8) is 0 Å². The fourth-order valence-electron chi connectivity index (χ4n) is 7.05. The summed E-state index contributed by atoms with van der Waals surface area (Å²) < 4.78 is 1.80. The van der Waals surface area contributed by atoms with Crippen molar-refractivity contribution in [2.24, 2.45) is 11.7 Å². The highest BCUT2D eigenvalue weighted by atomic mass is 16.2. The second-order valence-electron chi connectivity index (χ2n) is 12.7. The Balaban J connectivity index is 0.000000172. The molecule has 1 atom stereocenters. The molecule has 3 amide bonds. The van der Waals surface area contributed by atoms with E-state index < -0.39 is 0 Å². The number of rotatable bonds is 6. The van der Waals surface area contributed by atoms with E-state index >= 15 is 0 Å². The molecule has 1 unspecified atom stereocenters. The van der Waals surface area contributed by atoms with E-state index in [2.05, 4.69) is 59.3 Å². The van der Waals surface area contributed by atoms with E-state index in [1.807, 2.05) is 53.6 Å². The number of aromatic nitrogens is 3. The Bertz CT molecular complexity index is 1880. The summed E-state index contributed by atoms with van der Waals surface area (Å²) in [5.41, 5.74) is 11.7. The normalized spacial score (nSPS) is 16.8. The van der Waals surface area contributed by atoms with Crippen LogP contribution in [0.1, 0.15) is 36.4 Å². The number of imidazole rings is 1. The number of fused-ring (bicyclic) bond motifs is 3. The number of aromatic amines is 2. The van der Waals surface area contributed by atoms with E-state index in [1.54, 1.807) is 9.47 Å². The molecule has 0 bridgehead atoms. The number of nitrogens with zero attached hydrogens (tertiary/aromatic N) is 4. The lowest BCUT2D eigenvalue weighted by atomic mass is 9.91. The standard InChI is InChI=1S/C23H27N3O.C13H16N4O2/c1-25(2)15-17-13-18-7-3-6-10-22(18)26(16-17)23(27)12-11-19-14-24-21-9-5-4-8-20(19)21;14-12(18)16-7-5-9(6-8-16)17-11-4-2-1-3-10(11)15-13(17)19/h3-10,14,17,24H,11-13,15-16H2,1-2H3;1-4,9H,5-8H2,(H2,14,18)(H,15,19). The van der Waals surface area contributed by atoms with Crippen molar-refractivity contribution in [2.75, 3.05) is 45.2 Å². The fraction of sp³-hybridized carbons (Fsp3) is 0.361.